The van der Waals surface area contributed by atoms with E-state index in [1.807, 2.05) is 13.0 Å². The van der Waals surface area contributed by atoms with E-state index in [9.17, 15) is 4.39 Å². The molecule has 0 aliphatic rings. The predicted molar refractivity (Wildman–Crippen MR) is 64.9 cm³/mol. The number of nitriles is 1. The minimum Gasteiger partial charge on any atom is -0.239 e. The van der Waals surface area contributed by atoms with Gasteiger partial charge in [0.05, 0.1) is 6.54 Å². The molecule has 18 heavy (non-hydrogen) atoms. The van der Waals surface area contributed by atoms with Gasteiger partial charge in [-0.2, -0.15) is 5.26 Å². The maximum atomic E-state index is 13.8. The van der Waals surface area contributed by atoms with Crippen LogP contribution in [0.1, 0.15) is 12.6 Å². The number of halogens is 1. The monoisotopic (exact) mass is 242 g/mol. The van der Waals surface area contributed by atoms with E-state index < -0.39 is 5.82 Å². The van der Waals surface area contributed by atoms with E-state index in [1.165, 1.54) is 10.7 Å². The quantitative estimate of drug-likeness (QED) is 0.777. The molecule has 2 aromatic rings. The molecule has 0 atom stereocenters. The number of nitrogens with zero attached hydrogens (tertiary/aromatic N) is 4. The summed E-state index contributed by atoms with van der Waals surface area (Å²) in [5.74, 6) is -0.403. The smallest absolute Gasteiger partial charge is 0.190 e. The zero-order chi connectivity index (χ0) is 13.1. The lowest BCUT2D eigenvalue weighted by Gasteiger charge is -2.07. The third-order valence-electron chi connectivity index (χ3n) is 2.39. The molecule has 0 N–H and O–H groups in total. The second kappa shape index (κ2) is 4.80. The second-order valence-electron chi connectivity index (χ2n) is 3.99. The Labute approximate surface area is 104 Å². The molecule has 0 radical (unpaired) electrons. The minimum absolute atomic E-state index is 0.112. The summed E-state index contributed by atoms with van der Waals surface area (Å²) in [5, 5.41) is 16.6. The van der Waals surface area contributed by atoms with E-state index in [2.05, 4.69) is 16.9 Å². The highest BCUT2D eigenvalue weighted by Gasteiger charge is 2.17. The van der Waals surface area contributed by atoms with Crippen molar-refractivity contribution in [1.29, 1.82) is 5.26 Å². The Hall–Kier alpha value is -2.48. The van der Waals surface area contributed by atoms with Gasteiger partial charge in [-0.25, -0.2) is 9.07 Å². The van der Waals surface area contributed by atoms with Crippen LogP contribution in [0.25, 0.3) is 11.3 Å². The molecule has 2 rings (SSSR count). The summed E-state index contributed by atoms with van der Waals surface area (Å²) < 4.78 is 15.3. The van der Waals surface area contributed by atoms with Gasteiger partial charge in [-0.3, -0.25) is 0 Å². The first-order valence-electron chi connectivity index (χ1n) is 5.36. The van der Waals surface area contributed by atoms with Crippen molar-refractivity contribution in [3.8, 4) is 17.3 Å². The van der Waals surface area contributed by atoms with E-state index >= 15 is 0 Å². The lowest BCUT2D eigenvalue weighted by molar-refractivity contribution is 0.619. The van der Waals surface area contributed by atoms with Gasteiger partial charge in [0.2, 0.25) is 0 Å². The molecule has 1 aromatic carbocycles. The van der Waals surface area contributed by atoms with Crippen molar-refractivity contribution in [3.05, 3.63) is 47.9 Å². The average molecular weight is 242 g/mol. The van der Waals surface area contributed by atoms with Gasteiger partial charge in [0, 0.05) is 5.56 Å². The summed E-state index contributed by atoms with van der Waals surface area (Å²) in [6, 6.07) is 8.17. The number of hydrogen-bond donors (Lipinski definition) is 0. The van der Waals surface area contributed by atoms with Crippen LogP contribution in [0.2, 0.25) is 0 Å². The molecule has 0 saturated carbocycles. The standard InChI is InChI=1S/C13H11FN4/c1-9(2)8-18-13(12(7-15)16-17-18)10-5-3-4-6-11(10)14/h3-6H,1,8H2,2H3. The van der Waals surface area contributed by atoms with Crippen LogP contribution >= 0.6 is 0 Å². The molecule has 1 aromatic heterocycles. The highest BCUT2D eigenvalue weighted by atomic mass is 19.1. The van der Waals surface area contributed by atoms with E-state index in [0.717, 1.165) is 5.57 Å². The molecule has 5 heteroatoms. The molecule has 90 valence electrons. The fourth-order valence-electron chi connectivity index (χ4n) is 1.67. The molecule has 4 nitrogen and oxygen atoms in total. The molecule has 0 saturated heterocycles. The van der Waals surface area contributed by atoms with E-state index in [1.54, 1.807) is 18.2 Å². The topological polar surface area (TPSA) is 54.5 Å². The first kappa shape index (κ1) is 12.0. The summed E-state index contributed by atoms with van der Waals surface area (Å²) in [6.07, 6.45) is 0. The van der Waals surface area contributed by atoms with Gasteiger partial charge in [-0.15, -0.1) is 5.10 Å². The molecule has 0 fully saturated rings. The summed E-state index contributed by atoms with van der Waals surface area (Å²) in [6.45, 7) is 6.01. The third-order valence-corrected chi connectivity index (χ3v) is 2.39. The van der Waals surface area contributed by atoms with Crippen molar-refractivity contribution in [1.82, 2.24) is 15.0 Å². The van der Waals surface area contributed by atoms with Crippen molar-refractivity contribution in [2.24, 2.45) is 0 Å². The Morgan fingerprint density at radius 1 is 1.50 bits per heavy atom. The van der Waals surface area contributed by atoms with Crippen LogP contribution in [0, 0.1) is 17.1 Å². The SMILES string of the molecule is C=C(C)Cn1nnc(C#N)c1-c1ccccc1F. The number of allylic oxidation sites excluding steroid dienone is 1. The normalized spacial score (nSPS) is 10.1. The Bertz CT molecular complexity index is 637. The fourth-order valence-corrected chi connectivity index (χ4v) is 1.67. The van der Waals surface area contributed by atoms with Gasteiger partial charge in [0.1, 0.15) is 17.6 Å². The summed E-state index contributed by atoms with van der Waals surface area (Å²) in [5.41, 5.74) is 1.67. The van der Waals surface area contributed by atoms with Gasteiger partial charge >= 0.3 is 0 Å². The van der Waals surface area contributed by atoms with Crippen LogP contribution in [0.4, 0.5) is 4.39 Å². The summed E-state index contributed by atoms with van der Waals surface area (Å²) in [7, 11) is 0. The maximum Gasteiger partial charge on any atom is 0.190 e. The first-order valence-corrected chi connectivity index (χ1v) is 5.36. The highest BCUT2D eigenvalue weighted by molar-refractivity contribution is 5.65. The largest absolute Gasteiger partial charge is 0.239 e. The van der Waals surface area contributed by atoms with E-state index in [-0.39, 0.29) is 5.69 Å². The molecule has 0 amide bonds. The predicted octanol–water partition coefficient (Wildman–Crippen LogP) is 2.53. The van der Waals surface area contributed by atoms with Crippen LogP contribution in [0.3, 0.4) is 0 Å². The molecule has 0 spiro atoms. The van der Waals surface area contributed by atoms with Crippen LogP contribution in [0.5, 0.6) is 0 Å². The molecule has 0 aliphatic carbocycles. The van der Waals surface area contributed by atoms with E-state index in [4.69, 9.17) is 5.26 Å². The number of hydrogen-bond acceptors (Lipinski definition) is 3. The molecular formula is C13H11FN4. The first-order chi connectivity index (χ1) is 8.63. The number of rotatable bonds is 3. The number of aromatic nitrogens is 3. The zero-order valence-corrected chi connectivity index (χ0v) is 9.89. The fraction of sp³-hybridized carbons (Fsp3) is 0.154. The summed E-state index contributed by atoms with van der Waals surface area (Å²) >= 11 is 0. The van der Waals surface area contributed by atoms with Crippen LogP contribution < -0.4 is 0 Å². The summed E-state index contributed by atoms with van der Waals surface area (Å²) in [4.78, 5) is 0. The van der Waals surface area contributed by atoms with Crippen LogP contribution in [0.15, 0.2) is 36.4 Å². The van der Waals surface area contributed by atoms with Crippen molar-refractivity contribution >= 4 is 0 Å². The van der Waals surface area contributed by atoms with Gasteiger partial charge in [0.15, 0.2) is 5.69 Å². The molecule has 1 heterocycles. The lowest BCUT2D eigenvalue weighted by atomic mass is 10.1. The van der Waals surface area contributed by atoms with Gasteiger partial charge in [-0.05, 0) is 19.1 Å². The van der Waals surface area contributed by atoms with Gasteiger partial charge < -0.3 is 0 Å². The van der Waals surface area contributed by atoms with Crippen molar-refractivity contribution < 1.29 is 4.39 Å². The maximum absolute atomic E-state index is 13.8. The second-order valence-corrected chi connectivity index (χ2v) is 3.99. The van der Waals surface area contributed by atoms with Gasteiger partial charge in [-0.1, -0.05) is 29.5 Å². The van der Waals surface area contributed by atoms with Crippen LogP contribution in [-0.2, 0) is 6.54 Å². The van der Waals surface area contributed by atoms with Crippen molar-refractivity contribution in [2.45, 2.75) is 13.5 Å². The van der Waals surface area contributed by atoms with Gasteiger partial charge in [0.25, 0.3) is 0 Å². The Balaban J connectivity index is 2.62. The third kappa shape index (κ3) is 2.13. The Morgan fingerprint density at radius 3 is 2.83 bits per heavy atom. The van der Waals surface area contributed by atoms with Crippen molar-refractivity contribution in [2.75, 3.05) is 0 Å². The Kier molecular flexibility index (Phi) is 3.20. The average Bonchev–Trinajstić information content (AvgIpc) is 2.72. The molecular weight excluding hydrogens is 231 g/mol. The number of benzene rings is 1. The Morgan fingerprint density at radius 2 is 2.22 bits per heavy atom. The van der Waals surface area contributed by atoms with E-state index in [0.29, 0.717) is 17.8 Å². The molecule has 0 unspecified atom stereocenters. The highest BCUT2D eigenvalue weighted by Crippen LogP contribution is 2.25. The lowest BCUT2D eigenvalue weighted by Crippen LogP contribution is -2.04. The van der Waals surface area contributed by atoms with Crippen LogP contribution in [-0.4, -0.2) is 15.0 Å². The zero-order valence-electron chi connectivity index (χ0n) is 9.89. The molecule has 0 aliphatic heterocycles. The minimum atomic E-state index is -0.403. The molecule has 0 bridgehead atoms. The van der Waals surface area contributed by atoms with Crippen molar-refractivity contribution in [3.63, 3.8) is 0 Å².